The van der Waals surface area contributed by atoms with Crippen molar-refractivity contribution in [2.45, 2.75) is 59.2 Å². The molecule has 0 amide bonds. The van der Waals surface area contributed by atoms with Crippen LogP contribution in [0, 0.1) is 11.3 Å². The number of ether oxygens (including phenoxy) is 1. The lowest BCUT2D eigenvalue weighted by atomic mass is 9.70. The van der Waals surface area contributed by atoms with Crippen molar-refractivity contribution in [3.8, 4) is 0 Å². The molecule has 2 rings (SSSR count). The molecule has 2 atom stereocenters. The average molecular weight is 323 g/mol. The molecular formula is C17H29N3O3. The Morgan fingerprint density at radius 2 is 2.17 bits per heavy atom. The van der Waals surface area contributed by atoms with Gasteiger partial charge in [-0.3, -0.25) is 14.3 Å². The molecule has 1 heterocycles. The van der Waals surface area contributed by atoms with Gasteiger partial charge in [0.2, 0.25) is 0 Å². The van der Waals surface area contributed by atoms with Crippen LogP contribution in [0.4, 0.5) is 0 Å². The smallest absolute Gasteiger partial charge is 0.328 e. The Balaban J connectivity index is 2.03. The summed E-state index contributed by atoms with van der Waals surface area (Å²) in [6.07, 6.45) is 5.15. The van der Waals surface area contributed by atoms with E-state index < -0.39 is 0 Å². The predicted molar refractivity (Wildman–Crippen MR) is 90.6 cm³/mol. The molecule has 0 aromatic carbocycles. The van der Waals surface area contributed by atoms with Crippen LogP contribution in [0.15, 0.2) is 15.8 Å². The zero-order chi connectivity index (χ0) is 17.0. The topological polar surface area (TPSA) is 76.1 Å². The van der Waals surface area contributed by atoms with Crippen LogP contribution >= 0.6 is 0 Å². The highest BCUT2D eigenvalue weighted by atomic mass is 16.5. The number of aromatic nitrogens is 2. The second-order valence-electron chi connectivity index (χ2n) is 7.47. The Kier molecular flexibility index (Phi) is 5.81. The van der Waals surface area contributed by atoms with Crippen LogP contribution in [0.3, 0.4) is 0 Å². The molecule has 23 heavy (non-hydrogen) atoms. The molecule has 6 heteroatoms. The summed E-state index contributed by atoms with van der Waals surface area (Å²) >= 11 is 0. The molecule has 2 unspecified atom stereocenters. The van der Waals surface area contributed by atoms with E-state index in [1.807, 2.05) is 0 Å². The first-order chi connectivity index (χ1) is 10.8. The van der Waals surface area contributed by atoms with Crippen molar-refractivity contribution in [2.24, 2.45) is 11.3 Å². The van der Waals surface area contributed by atoms with Crippen LogP contribution in [-0.2, 0) is 17.8 Å². The van der Waals surface area contributed by atoms with Crippen molar-refractivity contribution in [3.63, 3.8) is 0 Å². The first kappa shape index (κ1) is 17.9. The summed E-state index contributed by atoms with van der Waals surface area (Å²) in [6, 6.07) is 0.418. The molecule has 2 N–H and O–H groups in total. The Morgan fingerprint density at radius 1 is 1.43 bits per heavy atom. The van der Waals surface area contributed by atoms with Crippen molar-refractivity contribution < 1.29 is 4.74 Å². The number of nitrogens with one attached hydrogen (secondary N) is 2. The van der Waals surface area contributed by atoms with Crippen molar-refractivity contribution in [1.82, 2.24) is 14.9 Å². The predicted octanol–water partition coefficient (Wildman–Crippen LogP) is 1.49. The lowest BCUT2D eigenvalue weighted by Gasteiger charge is -2.39. The largest absolute Gasteiger partial charge is 0.383 e. The summed E-state index contributed by atoms with van der Waals surface area (Å²) in [5.74, 6) is 0.581. The van der Waals surface area contributed by atoms with E-state index in [4.69, 9.17) is 4.74 Å². The second-order valence-corrected chi connectivity index (χ2v) is 7.47. The third-order valence-electron chi connectivity index (χ3n) is 4.87. The minimum atomic E-state index is -0.386. The highest BCUT2D eigenvalue weighted by Crippen LogP contribution is 2.38. The van der Waals surface area contributed by atoms with Crippen LogP contribution in [0.2, 0.25) is 0 Å². The molecule has 1 aromatic heterocycles. The zero-order valence-corrected chi connectivity index (χ0v) is 14.6. The second kappa shape index (κ2) is 7.45. The van der Waals surface area contributed by atoms with Crippen molar-refractivity contribution in [2.75, 3.05) is 13.7 Å². The molecule has 1 fully saturated rings. The van der Waals surface area contributed by atoms with Crippen LogP contribution in [0.1, 0.15) is 45.6 Å². The summed E-state index contributed by atoms with van der Waals surface area (Å²) in [7, 11) is 1.59. The maximum absolute atomic E-state index is 12.0. The van der Waals surface area contributed by atoms with Gasteiger partial charge in [0.1, 0.15) is 0 Å². The van der Waals surface area contributed by atoms with Crippen molar-refractivity contribution in [3.05, 3.63) is 32.6 Å². The Hall–Kier alpha value is -1.40. The number of H-pyrrole nitrogens is 1. The van der Waals surface area contributed by atoms with Gasteiger partial charge in [0.25, 0.3) is 5.56 Å². The first-order valence-corrected chi connectivity index (χ1v) is 8.37. The molecule has 1 saturated carbocycles. The Labute approximate surface area is 137 Å². The minimum absolute atomic E-state index is 0.306. The van der Waals surface area contributed by atoms with Crippen LogP contribution in [0.25, 0.3) is 0 Å². The quantitative estimate of drug-likeness (QED) is 0.831. The molecule has 0 bridgehead atoms. The molecule has 1 aromatic rings. The van der Waals surface area contributed by atoms with Crippen LogP contribution in [-0.4, -0.2) is 29.3 Å². The van der Waals surface area contributed by atoms with E-state index in [0.717, 1.165) is 6.42 Å². The van der Waals surface area contributed by atoms with Gasteiger partial charge < -0.3 is 10.1 Å². The molecule has 6 nitrogen and oxygen atoms in total. The first-order valence-electron chi connectivity index (χ1n) is 8.37. The van der Waals surface area contributed by atoms with Gasteiger partial charge in [-0.25, -0.2) is 4.79 Å². The highest BCUT2D eigenvalue weighted by molar-refractivity contribution is 5.05. The molecule has 130 valence electrons. The summed E-state index contributed by atoms with van der Waals surface area (Å²) in [5.41, 5.74) is 0.309. The van der Waals surface area contributed by atoms with Gasteiger partial charge >= 0.3 is 5.69 Å². The lowest BCUT2D eigenvalue weighted by molar-refractivity contribution is 0.148. The SMILES string of the molecule is COCCn1cc(CNC2CCC(C)(C)CC2C)c(=O)[nH]c1=O. The normalized spacial score (nSPS) is 23.8. The van der Waals surface area contributed by atoms with E-state index >= 15 is 0 Å². The standard InChI is InChI=1S/C17H29N3O3/c1-12-9-17(2,3)6-5-14(12)18-10-13-11-20(7-8-23-4)16(22)19-15(13)21/h11-12,14,18H,5-10H2,1-4H3,(H,19,21,22). The maximum Gasteiger partial charge on any atom is 0.328 e. The molecular weight excluding hydrogens is 294 g/mol. The number of aromatic amines is 1. The molecule has 1 aliphatic rings. The monoisotopic (exact) mass is 323 g/mol. The van der Waals surface area contributed by atoms with E-state index in [9.17, 15) is 9.59 Å². The van der Waals surface area contributed by atoms with Crippen molar-refractivity contribution in [1.29, 1.82) is 0 Å². The number of nitrogens with zero attached hydrogens (tertiary/aromatic N) is 1. The van der Waals surface area contributed by atoms with Gasteiger partial charge in [-0.05, 0) is 30.6 Å². The Bertz CT molecular complexity index is 633. The summed E-state index contributed by atoms with van der Waals surface area (Å²) in [5, 5.41) is 3.50. The fraction of sp³-hybridized carbons (Fsp3) is 0.765. The minimum Gasteiger partial charge on any atom is -0.383 e. The van der Waals surface area contributed by atoms with Gasteiger partial charge in [-0.1, -0.05) is 20.8 Å². The van der Waals surface area contributed by atoms with Gasteiger partial charge in [0, 0.05) is 31.5 Å². The zero-order valence-electron chi connectivity index (χ0n) is 14.6. The molecule has 0 aliphatic heterocycles. The third kappa shape index (κ3) is 4.78. The van der Waals surface area contributed by atoms with E-state index in [1.54, 1.807) is 13.3 Å². The van der Waals surface area contributed by atoms with Gasteiger partial charge in [-0.15, -0.1) is 0 Å². The van der Waals surface area contributed by atoms with E-state index in [0.29, 0.717) is 42.6 Å². The highest BCUT2D eigenvalue weighted by Gasteiger charge is 2.31. The molecule has 0 radical (unpaired) electrons. The van der Waals surface area contributed by atoms with Gasteiger partial charge in [-0.2, -0.15) is 0 Å². The number of hydrogen-bond acceptors (Lipinski definition) is 4. The van der Waals surface area contributed by atoms with E-state index in [-0.39, 0.29) is 11.2 Å². The Morgan fingerprint density at radius 3 is 2.83 bits per heavy atom. The number of hydrogen-bond donors (Lipinski definition) is 2. The summed E-state index contributed by atoms with van der Waals surface area (Å²) in [4.78, 5) is 26.1. The molecule has 0 spiro atoms. The lowest BCUT2D eigenvalue weighted by Crippen LogP contribution is -2.42. The number of methoxy groups -OCH3 is 1. The summed E-state index contributed by atoms with van der Waals surface area (Å²) in [6.45, 7) is 8.26. The van der Waals surface area contributed by atoms with Crippen molar-refractivity contribution >= 4 is 0 Å². The van der Waals surface area contributed by atoms with E-state index in [1.165, 1.54) is 17.4 Å². The fourth-order valence-electron chi connectivity index (χ4n) is 3.53. The third-order valence-corrected chi connectivity index (χ3v) is 4.87. The van der Waals surface area contributed by atoms with Gasteiger partial charge in [0.05, 0.1) is 13.2 Å². The molecule has 1 aliphatic carbocycles. The van der Waals surface area contributed by atoms with Gasteiger partial charge in [0.15, 0.2) is 0 Å². The fourth-order valence-corrected chi connectivity index (χ4v) is 3.53. The maximum atomic E-state index is 12.0. The summed E-state index contributed by atoms with van der Waals surface area (Å²) < 4.78 is 6.49. The average Bonchev–Trinajstić information content (AvgIpc) is 2.46. The van der Waals surface area contributed by atoms with Crippen LogP contribution < -0.4 is 16.6 Å². The van der Waals surface area contributed by atoms with E-state index in [2.05, 4.69) is 31.1 Å². The molecule has 0 saturated heterocycles. The number of rotatable bonds is 6. The van der Waals surface area contributed by atoms with Crippen LogP contribution in [0.5, 0.6) is 0 Å².